The van der Waals surface area contributed by atoms with Crippen molar-refractivity contribution in [2.24, 2.45) is 0 Å². The van der Waals surface area contributed by atoms with Crippen molar-refractivity contribution < 1.29 is 4.89 Å². The van der Waals surface area contributed by atoms with Crippen LogP contribution in [0.1, 0.15) is 27.8 Å². The van der Waals surface area contributed by atoms with Crippen molar-refractivity contribution in [2.45, 2.75) is 27.7 Å². The highest BCUT2D eigenvalue weighted by molar-refractivity contribution is 7.58. The molecule has 0 bridgehead atoms. The van der Waals surface area contributed by atoms with Crippen LogP contribution in [0.2, 0.25) is 0 Å². The molecule has 0 aliphatic carbocycles. The molecule has 2 heteroatoms. The van der Waals surface area contributed by atoms with Crippen LogP contribution in [0.5, 0.6) is 0 Å². The molecular formula is C17H19OP. The lowest BCUT2D eigenvalue weighted by Crippen LogP contribution is -2.10. The molecule has 0 spiro atoms. The fraction of sp³-hybridized carbons (Fsp3) is 0.235. The second-order valence-corrected chi connectivity index (χ2v) is 6.45. The molecule has 0 aromatic heterocycles. The van der Waals surface area contributed by atoms with E-state index in [0.29, 0.717) is 0 Å². The van der Waals surface area contributed by atoms with Gasteiger partial charge in [-0.1, -0.05) is 35.9 Å². The summed E-state index contributed by atoms with van der Waals surface area (Å²) in [5, 5.41) is 0.928. The van der Waals surface area contributed by atoms with Gasteiger partial charge in [-0.05, 0) is 50.5 Å². The number of aryl methyl sites for hydroxylation is 4. The van der Waals surface area contributed by atoms with Gasteiger partial charge in [0.15, 0.2) is 0 Å². The Morgan fingerprint density at radius 1 is 0.895 bits per heavy atom. The number of benzene rings is 2. The molecule has 0 heterocycles. The van der Waals surface area contributed by atoms with E-state index in [4.69, 9.17) is 0 Å². The van der Waals surface area contributed by atoms with Crippen LogP contribution in [0.25, 0.3) is 0 Å². The molecule has 1 atom stereocenters. The summed E-state index contributed by atoms with van der Waals surface area (Å²) in [6, 6.07) is 12.1. The summed E-state index contributed by atoms with van der Waals surface area (Å²) in [5.74, 6) is 1.90. The van der Waals surface area contributed by atoms with Gasteiger partial charge in [-0.2, -0.15) is 0 Å². The van der Waals surface area contributed by atoms with E-state index in [1.165, 1.54) is 16.7 Å². The van der Waals surface area contributed by atoms with Crippen molar-refractivity contribution in [2.75, 3.05) is 0 Å². The van der Waals surface area contributed by atoms with Crippen LogP contribution in [-0.2, 0) is 0 Å². The zero-order valence-corrected chi connectivity index (χ0v) is 12.8. The van der Waals surface area contributed by atoms with E-state index in [9.17, 15) is 4.89 Å². The highest BCUT2D eigenvalue weighted by atomic mass is 31.1. The predicted molar refractivity (Wildman–Crippen MR) is 83.6 cm³/mol. The molecule has 1 nitrogen and oxygen atoms in total. The highest BCUT2D eigenvalue weighted by Crippen LogP contribution is 2.20. The monoisotopic (exact) mass is 270 g/mol. The van der Waals surface area contributed by atoms with Gasteiger partial charge >= 0.3 is 0 Å². The third kappa shape index (κ3) is 3.12. The zero-order chi connectivity index (χ0) is 14.0. The van der Waals surface area contributed by atoms with Crippen LogP contribution in [0.3, 0.4) is 0 Å². The molecule has 0 N–H and O–H groups in total. The van der Waals surface area contributed by atoms with Crippen molar-refractivity contribution in [3.8, 4) is 0 Å². The molecule has 0 radical (unpaired) electrons. The highest BCUT2D eigenvalue weighted by Gasteiger charge is 2.09. The summed E-state index contributed by atoms with van der Waals surface area (Å²) in [6.07, 6.45) is 0. The fourth-order valence-electron chi connectivity index (χ4n) is 2.39. The van der Waals surface area contributed by atoms with Crippen LogP contribution >= 0.6 is 7.77 Å². The molecule has 0 fully saturated rings. The molecule has 1 unspecified atom stereocenters. The van der Waals surface area contributed by atoms with Gasteiger partial charge in [0, 0.05) is 5.56 Å². The van der Waals surface area contributed by atoms with Crippen molar-refractivity contribution in [3.05, 3.63) is 64.2 Å². The number of hydrogen-bond acceptors (Lipinski definition) is 1. The summed E-state index contributed by atoms with van der Waals surface area (Å²) >= 11 is 0. The summed E-state index contributed by atoms with van der Waals surface area (Å²) in [6.45, 7) is 8.25. The average Bonchev–Trinajstić information content (AvgIpc) is 2.34. The third-order valence-corrected chi connectivity index (χ3v) is 4.81. The Bertz CT molecular complexity index is 618. The SMILES string of the molecule is Cc1cc(C)c(C=[P+]([O-])c2ccccc2C)c(C)c1. The maximum atomic E-state index is 12.5. The minimum absolute atomic E-state index is 0.928. The Morgan fingerprint density at radius 3 is 2.05 bits per heavy atom. The summed E-state index contributed by atoms with van der Waals surface area (Å²) in [7, 11) is -1.49. The number of hydrogen-bond donors (Lipinski definition) is 0. The first kappa shape index (κ1) is 14.0. The Morgan fingerprint density at radius 2 is 1.47 bits per heavy atom. The first-order valence-electron chi connectivity index (χ1n) is 6.44. The summed E-state index contributed by atoms with van der Waals surface area (Å²) in [4.78, 5) is 12.5. The molecule has 0 saturated heterocycles. The van der Waals surface area contributed by atoms with Crippen molar-refractivity contribution in [1.82, 2.24) is 0 Å². The van der Waals surface area contributed by atoms with Gasteiger partial charge in [-0.3, -0.25) is 0 Å². The van der Waals surface area contributed by atoms with E-state index >= 15 is 0 Å². The van der Waals surface area contributed by atoms with E-state index in [1.54, 1.807) is 0 Å². The molecule has 0 saturated carbocycles. The van der Waals surface area contributed by atoms with Crippen molar-refractivity contribution in [3.63, 3.8) is 0 Å². The first-order valence-corrected chi connectivity index (χ1v) is 7.76. The molecule has 2 aromatic carbocycles. The van der Waals surface area contributed by atoms with E-state index in [1.807, 2.05) is 37.0 Å². The Kier molecular flexibility index (Phi) is 4.19. The van der Waals surface area contributed by atoms with E-state index < -0.39 is 7.77 Å². The standard InChI is InChI=1S/C17H19OP/c1-12-9-14(3)16(15(4)10-12)11-19(18)17-8-6-5-7-13(17)2/h5-11H,1-4H3. The Labute approximate surface area is 116 Å². The zero-order valence-electron chi connectivity index (χ0n) is 11.9. The topological polar surface area (TPSA) is 23.1 Å². The van der Waals surface area contributed by atoms with E-state index in [0.717, 1.165) is 16.4 Å². The average molecular weight is 270 g/mol. The molecule has 2 rings (SSSR count). The normalized spacial score (nSPS) is 11.7. The van der Waals surface area contributed by atoms with Gasteiger partial charge in [0.25, 0.3) is 0 Å². The van der Waals surface area contributed by atoms with E-state index in [-0.39, 0.29) is 0 Å². The van der Waals surface area contributed by atoms with Gasteiger partial charge in [0.1, 0.15) is 11.1 Å². The van der Waals surface area contributed by atoms with Crippen LogP contribution in [0.4, 0.5) is 0 Å². The lowest BCUT2D eigenvalue weighted by Gasteiger charge is -2.07. The third-order valence-electron chi connectivity index (χ3n) is 3.34. The molecule has 98 valence electrons. The van der Waals surface area contributed by atoms with Crippen LogP contribution in [-0.4, -0.2) is 5.80 Å². The Balaban J connectivity index is 2.50. The largest absolute Gasteiger partial charge is 0.626 e. The molecule has 0 amide bonds. The molecule has 0 aliphatic heterocycles. The van der Waals surface area contributed by atoms with Crippen LogP contribution in [0.15, 0.2) is 36.4 Å². The van der Waals surface area contributed by atoms with Gasteiger partial charge in [-0.15, -0.1) is 0 Å². The molecule has 0 aliphatic rings. The molecular weight excluding hydrogens is 251 g/mol. The van der Waals surface area contributed by atoms with Gasteiger partial charge in [-0.25, -0.2) is 0 Å². The maximum Gasteiger partial charge on any atom is 0.147 e. The van der Waals surface area contributed by atoms with Crippen LogP contribution in [0, 0.1) is 27.7 Å². The second-order valence-electron chi connectivity index (χ2n) is 5.05. The molecule has 2 aromatic rings. The maximum absolute atomic E-state index is 12.5. The van der Waals surface area contributed by atoms with Crippen molar-refractivity contribution >= 4 is 18.9 Å². The van der Waals surface area contributed by atoms with E-state index in [2.05, 4.69) is 32.9 Å². The quantitative estimate of drug-likeness (QED) is 0.769. The Hall–Kier alpha value is -1.43. The van der Waals surface area contributed by atoms with Gasteiger partial charge < -0.3 is 4.89 Å². The lowest BCUT2D eigenvalue weighted by molar-refractivity contribution is -0.149. The smallest absolute Gasteiger partial charge is 0.147 e. The number of rotatable bonds is 2. The second kappa shape index (κ2) is 5.69. The van der Waals surface area contributed by atoms with Crippen LogP contribution < -0.4 is 10.2 Å². The first-order chi connectivity index (χ1) is 8.99. The van der Waals surface area contributed by atoms with Crippen molar-refractivity contribution in [1.29, 1.82) is 0 Å². The fourth-order valence-corrected chi connectivity index (χ4v) is 3.83. The summed E-state index contributed by atoms with van der Waals surface area (Å²) < 4.78 is 0. The van der Waals surface area contributed by atoms with Gasteiger partial charge in [0.05, 0.1) is 7.77 Å². The molecule has 19 heavy (non-hydrogen) atoms. The lowest BCUT2D eigenvalue weighted by atomic mass is 10.0. The van der Waals surface area contributed by atoms with Gasteiger partial charge in [0.2, 0.25) is 0 Å². The summed E-state index contributed by atoms with van der Waals surface area (Å²) in [5.41, 5.74) is 5.82. The minimum Gasteiger partial charge on any atom is -0.626 e. The predicted octanol–water partition coefficient (Wildman–Crippen LogP) is 3.15. The minimum atomic E-state index is -1.49.